The van der Waals surface area contributed by atoms with Gasteiger partial charge in [-0.05, 0) is 42.8 Å². The predicted octanol–water partition coefficient (Wildman–Crippen LogP) is 4.00. The third-order valence-electron chi connectivity index (χ3n) is 3.75. The molecule has 1 aromatic heterocycles. The zero-order chi connectivity index (χ0) is 17.4. The SMILES string of the molecule is CCCCCNc1ccc(C(=O)Nc2ccc(N(C)C)cc2)cn1. The van der Waals surface area contributed by atoms with Gasteiger partial charge in [-0.1, -0.05) is 19.8 Å². The first-order valence-corrected chi connectivity index (χ1v) is 8.39. The fourth-order valence-corrected chi connectivity index (χ4v) is 2.27. The number of benzene rings is 1. The van der Waals surface area contributed by atoms with Crippen molar-refractivity contribution in [3.8, 4) is 0 Å². The number of unbranched alkanes of at least 4 members (excludes halogenated alkanes) is 2. The number of carbonyl (C=O) groups excluding carboxylic acids is 1. The Morgan fingerprint density at radius 3 is 2.42 bits per heavy atom. The molecule has 2 rings (SSSR count). The summed E-state index contributed by atoms with van der Waals surface area (Å²) in [5.41, 5.74) is 2.41. The largest absolute Gasteiger partial charge is 0.378 e. The molecule has 1 heterocycles. The highest BCUT2D eigenvalue weighted by Crippen LogP contribution is 2.16. The van der Waals surface area contributed by atoms with E-state index in [9.17, 15) is 4.79 Å². The Morgan fingerprint density at radius 2 is 1.83 bits per heavy atom. The van der Waals surface area contributed by atoms with Gasteiger partial charge >= 0.3 is 0 Å². The molecule has 1 amide bonds. The van der Waals surface area contributed by atoms with Gasteiger partial charge in [-0.15, -0.1) is 0 Å². The second-order valence-electron chi connectivity index (χ2n) is 5.96. The van der Waals surface area contributed by atoms with E-state index in [0.717, 1.165) is 30.2 Å². The van der Waals surface area contributed by atoms with E-state index >= 15 is 0 Å². The average molecular weight is 326 g/mol. The molecule has 0 fully saturated rings. The first kappa shape index (κ1) is 17.8. The van der Waals surface area contributed by atoms with E-state index < -0.39 is 0 Å². The Bertz CT molecular complexity index is 635. The quantitative estimate of drug-likeness (QED) is 0.720. The minimum absolute atomic E-state index is 0.155. The minimum Gasteiger partial charge on any atom is -0.378 e. The molecule has 0 aliphatic heterocycles. The molecule has 2 aromatic rings. The number of carbonyl (C=O) groups is 1. The fourth-order valence-electron chi connectivity index (χ4n) is 2.27. The van der Waals surface area contributed by atoms with Gasteiger partial charge in [0.25, 0.3) is 5.91 Å². The molecular weight excluding hydrogens is 300 g/mol. The van der Waals surface area contributed by atoms with Crippen LogP contribution in [-0.4, -0.2) is 31.5 Å². The Balaban J connectivity index is 1.90. The van der Waals surface area contributed by atoms with Crippen LogP contribution in [0, 0.1) is 0 Å². The van der Waals surface area contributed by atoms with Crippen molar-refractivity contribution >= 4 is 23.1 Å². The van der Waals surface area contributed by atoms with E-state index in [0.29, 0.717) is 5.56 Å². The summed E-state index contributed by atoms with van der Waals surface area (Å²) in [5.74, 6) is 0.649. The first-order valence-electron chi connectivity index (χ1n) is 8.39. The van der Waals surface area contributed by atoms with E-state index in [-0.39, 0.29) is 5.91 Å². The minimum atomic E-state index is -0.155. The Hall–Kier alpha value is -2.56. The summed E-state index contributed by atoms with van der Waals surface area (Å²) < 4.78 is 0. The van der Waals surface area contributed by atoms with Gasteiger partial charge in [-0.3, -0.25) is 4.79 Å². The lowest BCUT2D eigenvalue weighted by atomic mass is 10.2. The van der Waals surface area contributed by atoms with Crippen LogP contribution >= 0.6 is 0 Å². The molecule has 0 atom stereocenters. The highest BCUT2D eigenvalue weighted by atomic mass is 16.1. The van der Waals surface area contributed by atoms with Crippen LogP contribution in [0.5, 0.6) is 0 Å². The van der Waals surface area contributed by atoms with Gasteiger partial charge in [0.05, 0.1) is 5.56 Å². The van der Waals surface area contributed by atoms with Crippen LogP contribution in [0.4, 0.5) is 17.2 Å². The van der Waals surface area contributed by atoms with Crippen molar-refractivity contribution in [3.63, 3.8) is 0 Å². The standard InChI is InChI=1S/C19H26N4O/c1-4-5-6-13-20-18-12-7-15(14-21-18)19(24)22-16-8-10-17(11-9-16)23(2)3/h7-12,14H,4-6,13H2,1-3H3,(H,20,21)(H,22,24). The zero-order valence-corrected chi connectivity index (χ0v) is 14.7. The molecule has 1 aromatic carbocycles. The summed E-state index contributed by atoms with van der Waals surface area (Å²) >= 11 is 0. The lowest BCUT2D eigenvalue weighted by Gasteiger charge is -2.13. The van der Waals surface area contributed by atoms with Gasteiger partial charge in [0, 0.05) is 38.2 Å². The number of nitrogens with one attached hydrogen (secondary N) is 2. The number of rotatable bonds is 8. The van der Waals surface area contributed by atoms with E-state index in [1.54, 1.807) is 12.3 Å². The van der Waals surface area contributed by atoms with E-state index in [1.165, 1.54) is 12.8 Å². The van der Waals surface area contributed by atoms with Gasteiger partial charge in [0.2, 0.25) is 0 Å². The molecule has 5 nitrogen and oxygen atoms in total. The van der Waals surface area contributed by atoms with Crippen LogP contribution in [0.2, 0.25) is 0 Å². The number of hydrogen-bond acceptors (Lipinski definition) is 4. The van der Waals surface area contributed by atoms with E-state index in [2.05, 4.69) is 22.5 Å². The molecule has 0 aliphatic carbocycles. The van der Waals surface area contributed by atoms with Crippen molar-refractivity contribution in [1.82, 2.24) is 4.98 Å². The molecule has 0 aliphatic rings. The maximum Gasteiger partial charge on any atom is 0.257 e. The summed E-state index contributed by atoms with van der Waals surface area (Å²) in [7, 11) is 3.97. The number of amides is 1. The molecule has 2 N–H and O–H groups in total. The monoisotopic (exact) mass is 326 g/mol. The molecule has 0 unspecified atom stereocenters. The van der Waals surface area contributed by atoms with Gasteiger partial charge in [0.15, 0.2) is 0 Å². The molecule has 0 radical (unpaired) electrons. The van der Waals surface area contributed by atoms with Crippen molar-refractivity contribution in [1.29, 1.82) is 0 Å². The van der Waals surface area contributed by atoms with Crippen LogP contribution in [0.25, 0.3) is 0 Å². The third-order valence-corrected chi connectivity index (χ3v) is 3.75. The topological polar surface area (TPSA) is 57.3 Å². The summed E-state index contributed by atoms with van der Waals surface area (Å²) in [6.45, 7) is 3.09. The molecule has 24 heavy (non-hydrogen) atoms. The number of hydrogen-bond donors (Lipinski definition) is 2. The van der Waals surface area contributed by atoms with Gasteiger partial charge in [-0.25, -0.2) is 4.98 Å². The van der Waals surface area contributed by atoms with E-state index in [1.807, 2.05) is 49.3 Å². The summed E-state index contributed by atoms with van der Waals surface area (Å²) in [6.07, 6.45) is 5.14. The summed E-state index contributed by atoms with van der Waals surface area (Å²) in [5, 5.41) is 6.15. The maximum atomic E-state index is 12.3. The Morgan fingerprint density at radius 1 is 1.08 bits per heavy atom. The van der Waals surface area contributed by atoms with E-state index in [4.69, 9.17) is 0 Å². The molecule has 0 spiro atoms. The van der Waals surface area contributed by atoms with Crippen LogP contribution in [-0.2, 0) is 0 Å². The fraction of sp³-hybridized carbons (Fsp3) is 0.368. The van der Waals surface area contributed by atoms with Crippen LogP contribution in [0.3, 0.4) is 0 Å². The molecule has 0 saturated carbocycles. The average Bonchev–Trinajstić information content (AvgIpc) is 2.59. The zero-order valence-electron chi connectivity index (χ0n) is 14.7. The van der Waals surface area contributed by atoms with Crippen molar-refractivity contribution in [2.75, 3.05) is 36.2 Å². The van der Waals surface area contributed by atoms with Crippen molar-refractivity contribution < 1.29 is 4.79 Å². The number of anilines is 3. The second kappa shape index (κ2) is 8.91. The predicted molar refractivity (Wildman–Crippen MR) is 101 cm³/mol. The van der Waals surface area contributed by atoms with Crippen molar-refractivity contribution in [3.05, 3.63) is 48.2 Å². The summed E-state index contributed by atoms with van der Waals surface area (Å²) in [6, 6.07) is 11.4. The second-order valence-corrected chi connectivity index (χ2v) is 5.96. The van der Waals surface area contributed by atoms with Gasteiger partial charge in [0.1, 0.15) is 5.82 Å². The first-order chi connectivity index (χ1) is 11.6. The third kappa shape index (κ3) is 5.26. The highest BCUT2D eigenvalue weighted by molar-refractivity contribution is 6.04. The number of aromatic nitrogens is 1. The lowest BCUT2D eigenvalue weighted by molar-refractivity contribution is 0.102. The summed E-state index contributed by atoms with van der Waals surface area (Å²) in [4.78, 5) is 18.6. The van der Waals surface area contributed by atoms with Crippen LogP contribution in [0.1, 0.15) is 36.5 Å². The molecule has 0 saturated heterocycles. The maximum absolute atomic E-state index is 12.3. The molecular formula is C19H26N4O. The van der Waals surface area contributed by atoms with Crippen LogP contribution < -0.4 is 15.5 Å². The smallest absolute Gasteiger partial charge is 0.257 e. The molecule has 128 valence electrons. The number of pyridine rings is 1. The van der Waals surface area contributed by atoms with Gasteiger partial charge in [-0.2, -0.15) is 0 Å². The van der Waals surface area contributed by atoms with Gasteiger partial charge < -0.3 is 15.5 Å². The Labute approximate surface area is 144 Å². The lowest BCUT2D eigenvalue weighted by Crippen LogP contribution is -2.13. The molecule has 5 heteroatoms. The Kier molecular flexibility index (Phi) is 6.61. The number of nitrogens with zero attached hydrogens (tertiary/aromatic N) is 2. The van der Waals surface area contributed by atoms with Crippen molar-refractivity contribution in [2.24, 2.45) is 0 Å². The normalized spacial score (nSPS) is 10.3. The van der Waals surface area contributed by atoms with Crippen molar-refractivity contribution in [2.45, 2.75) is 26.2 Å². The molecule has 0 bridgehead atoms. The highest BCUT2D eigenvalue weighted by Gasteiger charge is 2.07. The van der Waals surface area contributed by atoms with Crippen LogP contribution in [0.15, 0.2) is 42.6 Å².